The third kappa shape index (κ3) is 4.46. The van der Waals surface area contributed by atoms with Crippen molar-refractivity contribution in [1.82, 2.24) is 0 Å². The molecule has 1 aromatic rings. The molecule has 2 rings (SSSR count). The molecular formula is C18H26BrClO. The predicted octanol–water partition coefficient (Wildman–Crippen LogP) is 6.23. The Labute approximate surface area is 142 Å². The molecule has 1 aliphatic carbocycles. The van der Waals surface area contributed by atoms with Crippen LogP contribution in [0.5, 0.6) is 0 Å². The van der Waals surface area contributed by atoms with E-state index in [1.54, 1.807) is 0 Å². The summed E-state index contributed by atoms with van der Waals surface area (Å²) in [6.45, 7) is 7.65. The lowest BCUT2D eigenvalue weighted by atomic mass is 9.69. The largest absolute Gasteiger partial charge is 0.369 e. The Balaban J connectivity index is 1.96. The second-order valence-corrected chi connectivity index (χ2v) is 8.30. The first-order valence-electron chi connectivity index (χ1n) is 7.80. The van der Waals surface area contributed by atoms with Gasteiger partial charge in [-0.05, 0) is 48.6 Å². The van der Waals surface area contributed by atoms with Crippen LogP contribution in [0.4, 0.5) is 0 Å². The van der Waals surface area contributed by atoms with Crippen molar-refractivity contribution in [3.8, 4) is 0 Å². The number of ether oxygens (including phenoxy) is 1. The van der Waals surface area contributed by atoms with Crippen molar-refractivity contribution in [3.05, 3.63) is 34.9 Å². The maximum atomic E-state index is 6.32. The van der Waals surface area contributed by atoms with Crippen LogP contribution >= 0.6 is 27.5 Å². The first-order valence-corrected chi connectivity index (χ1v) is 9.30. The quantitative estimate of drug-likeness (QED) is 0.569. The molecule has 0 saturated heterocycles. The van der Waals surface area contributed by atoms with Crippen molar-refractivity contribution in [2.75, 3.05) is 5.33 Å². The topological polar surface area (TPSA) is 9.23 Å². The maximum Gasteiger partial charge on any atom is 0.0783 e. The van der Waals surface area contributed by atoms with E-state index in [1.165, 1.54) is 12.8 Å². The van der Waals surface area contributed by atoms with Gasteiger partial charge >= 0.3 is 0 Å². The molecule has 118 valence electrons. The number of benzene rings is 1. The molecule has 21 heavy (non-hydrogen) atoms. The fourth-order valence-corrected chi connectivity index (χ4v) is 4.09. The first-order chi connectivity index (χ1) is 9.86. The third-order valence-corrected chi connectivity index (χ3v) is 6.25. The molecule has 3 heteroatoms. The minimum Gasteiger partial charge on any atom is -0.369 e. The summed E-state index contributed by atoms with van der Waals surface area (Å²) in [6.07, 6.45) is 4.75. The molecule has 1 aromatic carbocycles. The van der Waals surface area contributed by atoms with Crippen molar-refractivity contribution < 1.29 is 4.74 Å². The highest BCUT2D eigenvalue weighted by molar-refractivity contribution is 9.09. The summed E-state index contributed by atoms with van der Waals surface area (Å²) in [5.41, 5.74) is 1.46. The van der Waals surface area contributed by atoms with Gasteiger partial charge in [-0.25, -0.2) is 0 Å². The van der Waals surface area contributed by atoms with E-state index in [1.807, 2.05) is 24.3 Å². The van der Waals surface area contributed by atoms with Gasteiger partial charge in [0.1, 0.15) is 0 Å². The minimum atomic E-state index is -0.0269. The highest BCUT2D eigenvalue weighted by Gasteiger charge is 2.38. The van der Waals surface area contributed by atoms with Crippen molar-refractivity contribution in [1.29, 1.82) is 0 Å². The molecule has 0 aliphatic heterocycles. The molecule has 0 amide bonds. The van der Waals surface area contributed by atoms with Crippen LogP contribution in [0.2, 0.25) is 5.02 Å². The van der Waals surface area contributed by atoms with Crippen LogP contribution in [0.15, 0.2) is 24.3 Å². The van der Waals surface area contributed by atoms with E-state index in [0.717, 1.165) is 34.7 Å². The van der Waals surface area contributed by atoms with Crippen LogP contribution in [0, 0.1) is 11.3 Å². The van der Waals surface area contributed by atoms with Gasteiger partial charge in [-0.2, -0.15) is 0 Å². The standard InChI is InChI=1S/C18H26BrClO/c1-17(2,3)15-8-10-18(13-19,11-9-15)21-12-14-6-4-5-7-16(14)20/h4-7,15H,8-13H2,1-3H3. The predicted molar refractivity (Wildman–Crippen MR) is 94.2 cm³/mol. The van der Waals surface area contributed by atoms with Gasteiger partial charge in [0, 0.05) is 10.4 Å². The summed E-state index contributed by atoms with van der Waals surface area (Å²) < 4.78 is 6.32. The summed E-state index contributed by atoms with van der Waals surface area (Å²) in [5, 5.41) is 1.70. The second kappa shape index (κ2) is 7.02. The molecule has 0 spiro atoms. The highest BCUT2D eigenvalue weighted by Crippen LogP contribution is 2.43. The van der Waals surface area contributed by atoms with E-state index in [2.05, 4.69) is 36.7 Å². The molecule has 1 saturated carbocycles. The van der Waals surface area contributed by atoms with Gasteiger partial charge in [0.05, 0.1) is 12.2 Å². The van der Waals surface area contributed by atoms with Crippen LogP contribution in [0.25, 0.3) is 0 Å². The first kappa shape index (κ1) is 17.3. The normalized spacial score (nSPS) is 26.8. The second-order valence-electron chi connectivity index (χ2n) is 7.34. The molecule has 1 nitrogen and oxygen atoms in total. The van der Waals surface area contributed by atoms with Crippen molar-refractivity contribution in [2.45, 2.75) is 58.7 Å². The van der Waals surface area contributed by atoms with E-state index in [9.17, 15) is 0 Å². The molecule has 0 heterocycles. The molecule has 1 aliphatic rings. The van der Waals surface area contributed by atoms with Crippen molar-refractivity contribution >= 4 is 27.5 Å². The molecule has 0 aromatic heterocycles. The molecule has 0 atom stereocenters. The maximum absolute atomic E-state index is 6.32. The summed E-state index contributed by atoms with van der Waals surface area (Å²) in [4.78, 5) is 0. The minimum absolute atomic E-state index is 0.0269. The molecule has 1 fully saturated rings. The summed E-state index contributed by atoms with van der Waals surface area (Å²) in [7, 11) is 0. The van der Waals surface area contributed by atoms with Gasteiger partial charge < -0.3 is 4.74 Å². The lowest BCUT2D eigenvalue weighted by Crippen LogP contribution is -2.41. The van der Waals surface area contributed by atoms with E-state index in [-0.39, 0.29) is 5.60 Å². The Morgan fingerprint density at radius 3 is 2.38 bits per heavy atom. The molecule has 0 radical (unpaired) electrons. The molecular weight excluding hydrogens is 348 g/mol. The SMILES string of the molecule is CC(C)(C)C1CCC(CBr)(OCc2ccccc2Cl)CC1. The number of hydrogen-bond acceptors (Lipinski definition) is 1. The number of rotatable bonds is 4. The zero-order valence-corrected chi connectivity index (χ0v) is 15.6. The number of hydrogen-bond donors (Lipinski definition) is 0. The Bertz CT molecular complexity index is 459. The van der Waals surface area contributed by atoms with Crippen LogP contribution in [0.1, 0.15) is 52.0 Å². The van der Waals surface area contributed by atoms with Gasteiger partial charge in [-0.3, -0.25) is 0 Å². The van der Waals surface area contributed by atoms with Gasteiger partial charge in [0.2, 0.25) is 0 Å². The Morgan fingerprint density at radius 2 is 1.86 bits per heavy atom. The third-order valence-electron chi connectivity index (χ3n) is 4.86. The smallest absolute Gasteiger partial charge is 0.0783 e. The van der Waals surface area contributed by atoms with Crippen molar-refractivity contribution in [3.63, 3.8) is 0 Å². The van der Waals surface area contributed by atoms with Crippen LogP contribution in [-0.4, -0.2) is 10.9 Å². The van der Waals surface area contributed by atoms with E-state index < -0.39 is 0 Å². The average Bonchev–Trinajstić information content (AvgIpc) is 2.46. The summed E-state index contributed by atoms with van der Waals surface area (Å²) >= 11 is 9.89. The fraction of sp³-hybridized carbons (Fsp3) is 0.667. The Kier molecular flexibility index (Phi) is 5.78. The Morgan fingerprint density at radius 1 is 1.24 bits per heavy atom. The average molecular weight is 374 g/mol. The fourth-order valence-electron chi connectivity index (χ4n) is 3.17. The van der Waals surface area contributed by atoms with Crippen LogP contribution < -0.4 is 0 Å². The lowest BCUT2D eigenvalue weighted by Gasteiger charge is -2.43. The highest BCUT2D eigenvalue weighted by atomic mass is 79.9. The van der Waals surface area contributed by atoms with E-state index >= 15 is 0 Å². The summed E-state index contributed by atoms with van der Waals surface area (Å²) in [5.74, 6) is 0.800. The van der Waals surface area contributed by atoms with E-state index in [0.29, 0.717) is 12.0 Å². The monoisotopic (exact) mass is 372 g/mol. The lowest BCUT2D eigenvalue weighted by molar-refractivity contribution is -0.0783. The van der Waals surface area contributed by atoms with Gasteiger partial charge in [0.25, 0.3) is 0 Å². The number of alkyl halides is 1. The molecule has 0 unspecified atom stereocenters. The zero-order valence-electron chi connectivity index (χ0n) is 13.3. The van der Waals surface area contributed by atoms with Gasteiger partial charge in [0.15, 0.2) is 0 Å². The molecule has 0 N–H and O–H groups in total. The number of halogens is 2. The van der Waals surface area contributed by atoms with Gasteiger partial charge in [-0.1, -0.05) is 66.5 Å². The van der Waals surface area contributed by atoms with Crippen LogP contribution in [0.3, 0.4) is 0 Å². The Hall–Kier alpha value is -0.0500. The zero-order chi connectivity index (χ0) is 15.5. The summed E-state index contributed by atoms with van der Waals surface area (Å²) in [6, 6.07) is 7.95. The van der Waals surface area contributed by atoms with Crippen molar-refractivity contribution in [2.24, 2.45) is 11.3 Å². The van der Waals surface area contributed by atoms with E-state index in [4.69, 9.17) is 16.3 Å². The molecule has 0 bridgehead atoms. The van der Waals surface area contributed by atoms with Gasteiger partial charge in [-0.15, -0.1) is 0 Å². The van der Waals surface area contributed by atoms with Crippen LogP contribution in [-0.2, 0) is 11.3 Å².